The predicted molar refractivity (Wildman–Crippen MR) is 81.9 cm³/mol. The quantitative estimate of drug-likeness (QED) is 0.799. The van der Waals surface area contributed by atoms with Gasteiger partial charge in [-0.15, -0.1) is 0 Å². The maximum absolute atomic E-state index is 11.5. The molecule has 0 fully saturated rings. The first kappa shape index (κ1) is 13.2. The van der Waals surface area contributed by atoms with Crippen molar-refractivity contribution < 1.29 is 9.47 Å². The van der Waals surface area contributed by atoms with E-state index >= 15 is 0 Å². The second-order valence-corrected chi connectivity index (χ2v) is 4.68. The van der Waals surface area contributed by atoms with Crippen LogP contribution in [-0.4, -0.2) is 12.1 Å². The zero-order valence-corrected chi connectivity index (χ0v) is 11.6. The number of methoxy groups -OCH3 is 1. The Hall–Kier alpha value is -2.75. The summed E-state index contributed by atoms with van der Waals surface area (Å²) in [5.74, 6) is 1.45. The lowest BCUT2D eigenvalue weighted by Crippen LogP contribution is -2.04. The van der Waals surface area contributed by atoms with Crippen molar-refractivity contribution in [2.24, 2.45) is 0 Å². The maximum Gasteiger partial charge on any atom is 0.248 e. The summed E-state index contributed by atoms with van der Waals surface area (Å²) in [5, 5.41) is 0.942. The molecule has 0 atom stereocenters. The number of hydrogen-bond acceptors (Lipinski definition) is 3. The number of nitrogens with one attached hydrogen (secondary N) is 1. The number of benzene rings is 2. The Morgan fingerprint density at radius 2 is 1.90 bits per heavy atom. The molecule has 1 N–H and O–H groups in total. The number of rotatable bonds is 4. The van der Waals surface area contributed by atoms with Gasteiger partial charge >= 0.3 is 0 Å². The van der Waals surface area contributed by atoms with E-state index in [-0.39, 0.29) is 5.56 Å². The van der Waals surface area contributed by atoms with Crippen LogP contribution in [-0.2, 0) is 6.61 Å². The second-order valence-electron chi connectivity index (χ2n) is 4.68. The minimum Gasteiger partial charge on any atom is -0.497 e. The molecule has 2 aromatic carbocycles. The highest BCUT2D eigenvalue weighted by molar-refractivity contribution is 5.84. The monoisotopic (exact) mass is 281 g/mol. The van der Waals surface area contributed by atoms with Crippen molar-refractivity contribution in [2.75, 3.05) is 7.11 Å². The van der Waals surface area contributed by atoms with Crippen molar-refractivity contribution in [2.45, 2.75) is 6.61 Å². The lowest BCUT2D eigenvalue weighted by atomic mass is 10.2. The highest BCUT2D eigenvalue weighted by atomic mass is 16.5. The molecule has 3 rings (SSSR count). The lowest BCUT2D eigenvalue weighted by molar-refractivity contribution is 0.308. The SMILES string of the molecule is COc1cccc(COc2cccc3ccc(=O)[nH]c23)c1. The van der Waals surface area contributed by atoms with E-state index in [0.29, 0.717) is 17.9 Å². The Morgan fingerprint density at radius 3 is 2.76 bits per heavy atom. The fourth-order valence-corrected chi connectivity index (χ4v) is 2.19. The van der Waals surface area contributed by atoms with Crippen LogP contribution in [0, 0.1) is 0 Å². The molecule has 21 heavy (non-hydrogen) atoms. The Kier molecular flexibility index (Phi) is 3.60. The van der Waals surface area contributed by atoms with Crippen LogP contribution < -0.4 is 15.0 Å². The number of para-hydroxylation sites is 1. The third-order valence-electron chi connectivity index (χ3n) is 3.25. The van der Waals surface area contributed by atoms with Crippen LogP contribution in [0.5, 0.6) is 11.5 Å². The summed E-state index contributed by atoms with van der Waals surface area (Å²) in [7, 11) is 1.63. The van der Waals surface area contributed by atoms with Crippen molar-refractivity contribution >= 4 is 10.9 Å². The van der Waals surface area contributed by atoms with Crippen molar-refractivity contribution in [1.82, 2.24) is 4.98 Å². The molecule has 0 radical (unpaired) electrons. The van der Waals surface area contributed by atoms with Gasteiger partial charge in [-0.1, -0.05) is 24.3 Å². The van der Waals surface area contributed by atoms with E-state index in [1.54, 1.807) is 13.2 Å². The van der Waals surface area contributed by atoms with Gasteiger partial charge in [0.15, 0.2) is 0 Å². The highest BCUT2D eigenvalue weighted by Crippen LogP contribution is 2.23. The fraction of sp³-hybridized carbons (Fsp3) is 0.118. The second kappa shape index (κ2) is 5.71. The molecule has 1 heterocycles. The molecule has 0 aliphatic carbocycles. The Bertz CT molecular complexity index is 823. The van der Waals surface area contributed by atoms with Gasteiger partial charge < -0.3 is 14.5 Å². The summed E-state index contributed by atoms with van der Waals surface area (Å²) in [6.45, 7) is 0.410. The average molecular weight is 281 g/mol. The van der Waals surface area contributed by atoms with Crippen molar-refractivity contribution in [3.05, 3.63) is 70.5 Å². The number of H-pyrrole nitrogens is 1. The largest absolute Gasteiger partial charge is 0.497 e. The maximum atomic E-state index is 11.5. The Morgan fingerprint density at radius 1 is 1.05 bits per heavy atom. The number of aromatic amines is 1. The molecule has 0 saturated heterocycles. The number of pyridine rings is 1. The van der Waals surface area contributed by atoms with E-state index in [1.165, 1.54) is 6.07 Å². The Labute approximate surface area is 122 Å². The molecule has 0 amide bonds. The number of hydrogen-bond donors (Lipinski definition) is 1. The molecule has 0 spiro atoms. The molecule has 0 saturated carbocycles. The normalized spacial score (nSPS) is 10.5. The highest BCUT2D eigenvalue weighted by Gasteiger charge is 2.04. The van der Waals surface area contributed by atoms with E-state index < -0.39 is 0 Å². The fourth-order valence-electron chi connectivity index (χ4n) is 2.19. The molecule has 4 nitrogen and oxygen atoms in total. The van der Waals surface area contributed by atoms with Crippen LogP contribution in [0.25, 0.3) is 10.9 Å². The minimum absolute atomic E-state index is 0.139. The van der Waals surface area contributed by atoms with Gasteiger partial charge in [0.1, 0.15) is 18.1 Å². The van der Waals surface area contributed by atoms with Crippen LogP contribution in [0.15, 0.2) is 59.4 Å². The molecule has 3 aromatic rings. The van der Waals surface area contributed by atoms with Gasteiger partial charge in [0, 0.05) is 11.5 Å². The molecular weight excluding hydrogens is 266 g/mol. The first-order valence-electron chi connectivity index (χ1n) is 6.64. The molecule has 106 valence electrons. The summed E-state index contributed by atoms with van der Waals surface area (Å²) in [6, 6.07) is 16.7. The van der Waals surface area contributed by atoms with Gasteiger partial charge in [-0.25, -0.2) is 0 Å². The summed E-state index contributed by atoms with van der Waals surface area (Å²) < 4.78 is 11.0. The van der Waals surface area contributed by atoms with Crippen LogP contribution in [0.4, 0.5) is 0 Å². The first-order chi connectivity index (χ1) is 10.3. The molecule has 0 aliphatic heterocycles. The number of aromatic nitrogens is 1. The van der Waals surface area contributed by atoms with Crippen molar-refractivity contribution in [3.63, 3.8) is 0 Å². The van der Waals surface area contributed by atoms with E-state index in [9.17, 15) is 4.79 Å². The van der Waals surface area contributed by atoms with E-state index in [4.69, 9.17) is 9.47 Å². The van der Waals surface area contributed by atoms with Gasteiger partial charge in [0.25, 0.3) is 0 Å². The van der Waals surface area contributed by atoms with Gasteiger partial charge in [-0.2, -0.15) is 0 Å². The third-order valence-corrected chi connectivity index (χ3v) is 3.25. The summed E-state index contributed by atoms with van der Waals surface area (Å²) in [5.41, 5.74) is 1.58. The standard InChI is InChI=1S/C17H15NO3/c1-20-14-6-2-4-12(10-14)11-21-15-7-3-5-13-8-9-16(19)18-17(13)15/h2-10H,11H2,1H3,(H,18,19). The molecular formula is C17H15NO3. The van der Waals surface area contributed by atoms with E-state index in [2.05, 4.69) is 4.98 Å². The zero-order valence-electron chi connectivity index (χ0n) is 11.6. The number of ether oxygens (including phenoxy) is 2. The van der Waals surface area contributed by atoms with Gasteiger partial charge in [0.2, 0.25) is 5.56 Å². The minimum atomic E-state index is -0.139. The van der Waals surface area contributed by atoms with Crippen molar-refractivity contribution in [3.8, 4) is 11.5 Å². The number of fused-ring (bicyclic) bond motifs is 1. The molecule has 1 aromatic heterocycles. The van der Waals surface area contributed by atoms with Crippen LogP contribution in [0.2, 0.25) is 0 Å². The molecule has 0 bridgehead atoms. The van der Waals surface area contributed by atoms with Gasteiger partial charge in [-0.3, -0.25) is 4.79 Å². The van der Waals surface area contributed by atoms with Crippen LogP contribution in [0.1, 0.15) is 5.56 Å². The summed E-state index contributed by atoms with van der Waals surface area (Å²) in [4.78, 5) is 14.3. The van der Waals surface area contributed by atoms with Gasteiger partial charge in [-0.05, 0) is 29.8 Å². The Balaban J connectivity index is 1.88. The summed E-state index contributed by atoms with van der Waals surface area (Å²) in [6.07, 6.45) is 0. The smallest absolute Gasteiger partial charge is 0.248 e. The molecule has 4 heteroatoms. The van der Waals surface area contributed by atoms with E-state index in [0.717, 1.165) is 16.7 Å². The van der Waals surface area contributed by atoms with Crippen LogP contribution in [0.3, 0.4) is 0 Å². The third kappa shape index (κ3) is 2.89. The van der Waals surface area contributed by atoms with Crippen LogP contribution >= 0.6 is 0 Å². The lowest BCUT2D eigenvalue weighted by Gasteiger charge is -2.10. The van der Waals surface area contributed by atoms with E-state index in [1.807, 2.05) is 42.5 Å². The molecule has 0 aliphatic rings. The summed E-state index contributed by atoms with van der Waals surface area (Å²) >= 11 is 0. The van der Waals surface area contributed by atoms with Gasteiger partial charge in [0.05, 0.1) is 12.6 Å². The topological polar surface area (TPSA) is 51.3 Å². The predicted octanol–water partition coefficient (Wildman–Crippen LogP) is 3.12. The first-order valence-corrected chi connectivity index (χ1v) is 6.64. The zero-order chi connectivity index (χ0) is 14.7. The molecule has 0 unspecified atom stereocenters. The van der Waals surface area contributed by atoms with Crippen molar-refractivity contribution in [1.29, 1.82) is 0 Å². The average Bonchev–Trinajstić information content (AvgIpc) is 2.53.